The number of aromatic nitrogens is 1. The lowest BCUT2D eigenvalue weighted by molar-refractivity contribution is 0.382. The fourth-order valence-corrected chi connectivity index (χ4v) is 2.06. The third-order valence-electron chi connectivity index (χ3n) is 2.93. The van der Waals surface area contributed by atoms with Crippen LogP contribution in [0.2, 0.25) is 0 Å². The molecule has 0 aliphatic rings. The zero-order valence-corrected chi connectivity index (χ0v) is 10.9. The summed E-state index contributed by atoms with van der Waals surface area (Å²) < 4.78 is 31.6. The second-order valence-electron chi connectivity index (χ2n) is 4.30. The highest BCUT2D eigenvalue weighted by Crippen LogP contribution is 2.25. The second kappa shape index (κ2) is 6.40. The molecule has 2 aromatic rings. The molecule has 3 N–H and O–H groups in total. The first-order valence-corrected chi connectivity index (χ1v) is 6.04. The molecule has 2 rings (SSSR count). The van der Waals surface area contributed by atoms with E-state index in [2.05, 4.69) is 10.4 Å². The van der Waals surface area contributed by atoms with Gasteiger partial charge in [-0.15, -0.1) is 0 Å². The summed E-state index contributed by atoms with van der Waals surface area (Å²) in [6.07, 6.45) is 1.91. The Morgan fingerprint density at radius 3 is 2.60 bits per heavy atom. The van der Waals surface area contributed by atoms with Crippen LogP contribution in [0.1, 0.15) is 17.2 Å². The van der Waals surface area contributed by atoms with Gasteiger partial charge in [-0.25, -0.2) is 13.8 Å². The van der Waals surface area contributed by atoms with Crippen molar-refractivity contribution in [3.05, 3.63) is 59.3 Å². The van der Waals surface area contributed by atoms with Crippen LogP contribution in [-0.2, 0) is 6.42 Å². The van der Waals surface area contributed by atoms with Gasteiger partial charge in [0.1, 0.15) is 11.6 Å². The minimum atomic E-state index is -0.617. The van der Waals surface area contributed by atoms with Crippen LogP contribution in [0.3, 0.4) is 0 Å². The quantitative estimate of drug-likeness (QED) is 0.650. The number of benzene rings is 1. The van der Waals surface area contributed by atoms with Crippen molar-refractivity contribution in [2.75, 3.05) is 7.11 Å². The summed E-state index contributed by atoms with van der Waals surface area (Å²) in [6.45, 7) is 0. The molecule has 106 valence electrons. The van der Waals surface area contributed by atoms with E-state index in [0.717, 1.165) is 11.6 Å². The van der Waals surface area contributed by atoms with Crippen LogP contribution in [-0.4, -0.2) is 12.1 Å². The molecule has 1 unspecified atom stereocenters. The molecule has 0 fully saturated rings. The number of ether oxygens (including phenoxy) is 1. The van der Waals surface area contributed by atoms with Gasteiger partial charge in [-0.05, 0) is 30.2 Å². The highest BCUT2D eigenvalue weighted by molar-refractivity contribution is 5.31. The Kier molecular flexibility index (Phi) is 4.60. The molecule has 0 saturated heterocycles. The highest BCUT2D eigenvalue weighted by Gasteiger charge is 2.16. The molecule has 0 bridgehead atoms. The Morgan fingerprint density at radius 1 is 1.30 bits per heavy atom. The molecule has 0 aliphatic carbocycles. The summed E-state index contributed by atoms with van der Waals surface area (Å²) in [4.78, 5) is 4.08. The smallest absolute Gasteiger partial charge is 0.217 e. The molecule has 0 saturated carbocycles. The normalized spacial score (nSPS) is 12.2. The third kappa shape index (κ3) is 3.28. The van der Waals surface area contributed by atoms with Crippen LogP contribution in [0.25, 0.3) is 0 Å². The van der Waals surface area contributed by atoms with Gasteiger partial charge in [0.2, 0.25) is 5.88 Å². The molecular weight excluding hydrogens is 264 g/mol. The molecular formula is C14H15F2N3O. The number of hydrogen-bond acceptors (Lipinski definition) is 4. The first-order chi connectivity index (χ1) is 9.63. The Labute approximate surface area is 115 Å². The molecule has 1 aromatic carbocycles. The van der Waals surface area contributed by atoms with Gasteiger partial charge in [0.15, 0.2) is 0 Å². The van der Waals surface area contributed by atoms with Crippen molar-refractivity contribution in [1.82, 2.24) is 10.4 Å². The van der Waals surface area contributed by atoms with Crippen molar-refractivity contribution in [3.8, 4) is 5.88 Å². The van der Waals surface area contributed by atoms with Gasteiger partial charge in [-0.1, -0.05) is 6.07 Å². The van der Waals surface area contributed by atoms with Crippen LogP contribution >= 0.6 is 0 Å². The van der Waals surface area contributed by atoms with Crippen molar-refractivity contribution in [1.29, 1.82) is 0 Å². The first-order valence-electron chi connectivity index (χ1n) is 6.04. The molecule has 6 heteroatoms. The maximum atomic E-state index is 13.2. The minimum absolute atomic E-state index is 0.313. The minimum Gasteiger partial charge on any atom is -0.481 e. The third-order valence-corrected chi connectivity index (χ3v) is 2.93. The number of halogens is 2. The van der Waals surface area contributed by atoms with E-state index in [1.807, 2.05) is 0 Å². The van der Waals surface area contributed by atoms with E-state index in [1.54, 1.807) is 18.3 Å². The van der Waals surface area contributed by atoms with Gasteiger partial charge >= 0.3 is 0 Å². The van der Waals surface area contributed by atoms with Gasteiger partial charge in [0, 0.05) is 17.8 Å². The predicted octanol–water partition coefficient (Wildman–Crippen LogP) is 2.12. The van der Waals surface area contributed by atoms with Crippen LogP contribution in [0, 0.1) is 11.6 Å². The molecule has 0 amide bonds. The first kappa shape index (κ1) is 14.4. The summed E-state index contributed by atoms with van der Waals surface area (Å²) in [7, 11) is 1.50. The lowest BCUT2D eigenvalue weighted by atomic mass is 10.00. The topological polar surface area (TPSA) is 60.2 Å². The van der Waals surface area contributed by atoms with Gasteiger partial charge in [-0.3, -0.25) is 11.3 Å². The van der Waals surface area contributed by atoms with E-state index in [1.165, 1.54) is 19.2 Å². The maximum absolute atomic E-state index is 13.2. The van der Waals surface area contributed by atoms with Gasteiger partial charge in [-0.2, -0.15) is 0 Å². The SMILES string of the molecule is COc1ncccc1C(Cc1cc(F)cc(F)c1)NN. The fourth-order valence-electron chi connectivity index (χ4n) is 2.06. The van der Waals surface area contributed by atoms with E-state index in [9.17, 15) is 8.78 Å². The molecule has 20 heavy (non-hydrogen) atoms. The Balaban J connectivity index is 2.28. The van der Waals surface area contributed by atoms with E-state index >= 15 is 0 Å². The molecule has 0 aliphatic heterocycles. The van der Waals surface area contributed by atoms with Crippen molar-refractivity contribution in [2.24, 2.45) is 5.84 Å². The zero-order valence-electron chi connectivity index (χ0n) is 10.9. The van der Waals surface area contributed by atoms with Gasteiger partial charge in [0.05, 0.1) is 13.2 Å². The summed E-state index contributed by atoms with van der Waals surface area (Å²) in [5.41, 5.74) is 3.84. The summed E-state index contributed by atoms with van der Waals surface area (Å²) in [5, 5.41) is 0. The molecule has 0 radical (unpaired) electrons. The lowest BCUT2D eigenvalue weighted by Crippen LogP contribution is -2.30. The number of methoxy groups -OCH3 is 1. The van der Waals surface area contributed by atoms with Crippen molar-refractivity contribution < 1.29 is 13.5 Å². The zero-order chi connectivity index (χ0) is 14.5. The van der Waals surface area contributed by atoms with Crippen LogP contribution in [0.4, 0.5) is 8.78 Å². The van der Waals surface area contributed by atoms with Crippen LogP contribution in [0.15, 0.2) is 36.5 Å². The molecule has 4 nitrogen and oxygen atoms in total. The average Bonchev–Trinajstić information content (AvgIpc) is 2.43. The monoisotopic (exact) mass is 279 g/mol. The number of nitrogens with zero attached hydrogens (tertiary/aromatic N) is 1. The van der Waals surface area contributed by atoms with Crippen molar-refractivity contribution >= 4 is 0 Å². The summed E-state index contributed by atoms with van der Waals surface area (Å²) >= 11 is 0. The van der Waals surface area contributed by atoms with E-state index in [-0.39, 0.29) is 6.04 Å². The van der Waals surface area contributed by atoms with Crippen LogP contribution in [0.5, 0.6) is 5.88 Å². The van der Waals surface area contributed by atoms with Gasteiger partial charge in [0.25, 0.3) is 0 Å². The Hall–Kier alpha value is -2.05. The van der Waals surface area contributed by atoms with Crippen molar-refractivity contribution in [3.63, 3.8) is 0 Å². The van der Waals surface area contributed by atoms with Crippen molar-refractivity contribution in [2.45, 2.75) is 12.5 Å². The average molecular weight is 279 g/mol. The van der Waals surface area contributed by atoms with E-state index < -0.39 is 11.6 Å². The summed E-state index contributed by atoms with van der Waals surface area (Å²) in [6, 6.07) is 6.56. The number of nitrogens with two attached hydrogens (primary N) is 1. The number of pyridine rings is 1. The predicted molar refractivity (Wildman–Crippen MR) is 70.9 cm³/mol. The fraction of sp³-hybridized carbons (Fsp3) is 0.214. The van der Waals surface area contributed by atoms with E-state index in [0.29, 0.717) is 17.9 Å². The standard InChI is InChI=1S/C14H15F2N3O/c1-20-14-12(3-2-4-18-14)13(19-17)7-9-5-10(15)8-11(16)6-9/h2-6,8,13,19H,7,17H2,1H3. The lowest BCUT2D eigenvalue weighted by Gasteiger charge is -2.18. The van der Waals surface area contributed by atoms with Crippen LogP contribution < -0.4 is 16.0 Å². The summed E-state index contributed by atoms with van der Waals surface area (Å²) in [5.74, 6) is 4.72. The number of rotatable bonds is 5. The Bertz CT molecular complexity index is 572. The molecule has 1 aromatic heterocycles. The Morgan fingerprint density at radius 2 is 2.00 bits per heavy atom. The molecule has 1 atom stereocenters. The largest absolute Gasteiger partial charge is 0.481 e. The highest BCUT2D eigenvalue weighted by atomic mass is 19.1. The number of hydrazine groups is 1. The molecule has 1 heterocycles. The number of hydrogen-bond donors (Lipinski definition) is 2. The second-order valence-corrected chi connectivity index (χ2v) is 4.30. The maximum Gasteiger partial charge on any atom is 0.217 e. The van der Waals surface area contributed by atoms with E-state index in [4.69, 9.17) is 10.6 Å². The number of nitrogens with one attached hydrogen (secondary N) is 1. The van der Waals surface area contributed by atoms with Gasteiger partial charge < -0.3 is 4.74 Å². The molecule has 0 spiro atoms.